The SMILES string of the molecule is COc1ccc(-c2csc(C(C#N)=Cc3cc4ccccc4[nH]3)n2)cc1. The minimum atomic E-state index is 0.543. The monoisotopic (exact) mass is 357 g/mol. The molecule has 4 rings (SSSR count). The topological polar surface area (TPSA) is 61.7 Å². The first kappa shape index (κ1) is 16.1. The van der Waals surface area contributed by atoms with Crippen LogP contribution in [0.15, 0.2) is 60.0 Å². The Morgan fingerprint density at radius 1 is 1.19 bits per heavy atom. The molecule has 5 heteroatoms. The molecule has 2 aromatic heterocycles. The molecule has 0 aliphatic rings. The standard InChI is InChI=1S/C21H15N3OS/c1-25-18-8-6-14(7-9-18)20-13-26-21(24-20)16(12-22)11-17-10-15-4-2-3-5-19(15)23-17/h2-11,13,23H,1H3. The van der Waals surface area contributed by atoms with Crippen molar-refractivity contribution in [1.82, 2.24) is 9.97 Å². The van der Waals surface area contributed by atoms with Gasteiger partial charge >= 0.3 is 0 Å². The summed E-state index contributed by atoms with van der Waals surface area (Å²) >= 11 is 1.47. The number of aromatic nitrogens is 2. The van der Waals surface area contributed by atoms with E-state index in [-0.39, 0.29) is 0 Å². The summed E-state index contributed by atoms with van der Waals surface area (Å²) in [6.45, 7) is 0. The number of benzene rings is 2. The van der Waals surface area contributed by atoms with Crippen molar-refractivity contribution < 1.29 is 4.74 Å². The van der Waals surface area contributed by atoms with E-state index in [0.717, 1.165) is 33.6 Å². The number of methoxy groups -OCH3 is 1. The highest BCUT2D eigenvalue weighted by Crippen LogP contribution is 2.28. The Bertz CT molecular complexity index is 1100. The lowest BCUT2D eigenvalue weighted by molar-refractivity contribution is 0.415. The number of aromatic amines is 1. The van der Waals surface area contributed by atoms with Crippen LogP contribution < -0.4 is 4.74 Å². The molecule has 0 fully saturated rings. The summed E-state index contributed by atoms with van der Waals surface area (Å²) in [7, 11) is 1.64. The number of H-pyrrole nitrogens is 1. The largest absolute Gasteiger partial charge is 0.497 e. The van der Waals surface area contributed by atoms with E-state index in [1.165, 1.54) is 11.3 Å². The van der Waals surface area contributed by atoms with Gasteiger partial charge in [-0.25, -0.2) is 4.98 Å². The van der Waals surface area contributed by atoms with Gasteiger partial charge in [-0.2, -0.15) is 5.26 Å². The fraction of sp³-hybridized carbons (Fsp3) is 0.0476. The minimum Gasteiger partial charge on any atom is -0.497 e. The van der Waals surface area contributed by atoms with Crippen LogP contribution in [0.3, 0.4) is 0 Å². The number of ether oxygens (including phenoxy) is 1. The van der Waals surface area contributed by atoms with Crippen molar-refractivity contribution in [2.45, 2.75) is 0 Å². The van der Waals surface area contributed by atoms with Crippen LogP contribution in [0.5, 0.6) is 5.75 Å². The number of hydrogen-bond acceptors (Lipinski definition) is 4. The number of nitrogens with one attached hydrogen (secondary N) is 1. The van der Waals surface area contributed by atoms with Gasteiger partial charge in [-0.3, -0.25) is 0 Å². The third-order valence-electron chi connectivity index (χ3n) is 4.09. The molecule has 0 unspecified atom stereocenters. The first-order valence-corrected chi connectivity index (χ1v) is 8.94. The molecule has 2 heterocycles. The van der Waals surface area contributed by atoms with Crippen LogP contribution in [-0.4, -0.2) is 17.1 Å². The Kier molecular flexibility index (Phi) is 4.26. The van der Waals surface area contributed by atoms with Gasteiger partial charge in [-0.05, 0) is 47.9 Å². The van der Waals surface area contributed by atoms with Crippen molar-refractivity contribution in [3.8, 4) is 23.1 Å². The van der Waals surface area contributed by atoms with Gasteiger partial charge in [0.2, 0.25) is 0 Å². The minimum absolute atomic E-state index is 0.543. The number of para-hydroxylation sites is 1. The van der Waals surface area contributed by atoms with E-state index in [4.69, 9.17) is 4.74 Å². The molecule has 0 amide bonds. The summed E-state index contributed by atoms with van der Waals surface area (Å²) < 4.78 is 5.18. The van der Waals surface area contributed by atoms with Gasteiger partial charge in [-0.1, -0.05) is 18.2 Å². The summed E-state index contributed by atoms with van der Waals surface area (Å²) in [6.07, 6.45) is 1.84. The molecular formula is C21H15N3OS. The van der Waals surface area contributed by atoms with E-state index < -0.39 is 0 Å². The zero-order chi connectivity index (χ0) is 17.9. The highest BCUT2D eigenvalue weighted by molar-refractivity contribution is 7.11. The maximum atomic E-state index is 9.58. The number of rotatable bonds is 4. The zero-order valence-corrected chi connectivity index (χ0v) is 14.9. The highest BCUT2D eigenvalue weighted by Gasteiger charge is 2.10. The maximum Gasteiger partial charge on any atom is 0.134 e. The summed E-state index contributed by atoms with van der Waals surface area (Å²) in [5.41, 5.74) is 4.33. The third kappa shape index (κ3) is 3.10. The van der Waals surface area contributed by atoms with Gasteiger partial charge in [0.15, 0.2) is 0 Å². The van der Waals surface area contributed by atoms with Crippen molar-refractivity contribution in [2.75, 3.05) is 7.11 Å². The van der Waals surface area contributed by atoms with Crippen molar-refractivity contribution in [1.29, 1.82) is 5.26 Å². The van der Waals surface area contributed by atoms with E-state index in [1.54, 1.807) is 7.11 Å². The fourth-order valence-corrected chi connectivity index (χ4v) is 3.56. The Labute approximate surface area is 155 Å². The second-order valence-electron chi connectivity index (χ2n) is 5.75. The molecule has 4 aromatic rings. The molecule has 2 aromatic carbocycles. The van der Waals surface area contributed by atoms with Crippen LogP contribution in [0.2, 0.25) is 0 Å². The van der Waals surface area contributed by atoms with Crippen LogP contribution in [-0.2, 0) is 0 Å². The van der Waals surface area contributed by atoms with E-state index in [0.29, 0.717) is 10.6 Å². The van der Waals surface area contributed by atoms with Crippen LogP contribution in [0.25, 0.3) is 33.8 Å². The fourth-order valence-electron chi connectivity index (χ4n) is 2.76. The number of fused-ring (bicyclic) bond motifs is 1. The van der Waals surface area contributed by atoms with Crippen molar-refractivity contribution in [3.05, 3.63) is 70.7 Å². The summed E-state index contributed by atoms with van der Waals surface area (Å²) in [4.78, 5) is 7.95. The zero-order valence-electron chi connectivity index (χ0n) is 14.1. The van der Waals surface area contributed by atoms with Crippen LogP contribution in [0.4, 0.5) is 0 Å². The van der Waals surface area contributed by atoms with Crippen molar-refractivity contribution in [2.24, 2.45) is 0 Å². The van der Waals surface area contributed by atoms with Gasteiger partial charge in [0, 0.05) is 22.2 Å². The van der Waals surface area contributed by atoms with Gasteiger partial charge < -0.3 is 9.72 Å². The molecule has 0 saturated carbocycles. The smallest absolute Gasteiger partial charge is 0.134 e. The first-order chi connectivity index (χ1) is 12.8. The highest BCUT2D eigenvalue weighted by atomic mass is 32.1. The lowest BCUT2D eigenvalue weighted by atomic mass is 10.1. The first-order valence-electron chi connectivity index (χ1n) is 8.07. The summed E-state index contributed by atoms with van der Waals surface area (Å²) in [5, 5.41) is 13.4. The Balaban J connectivity index is 1.66. The van der Waals surface area contributed by atoms with Crippen LogP contribution in [0.1, 0.15) is 10.7 Å². The quantitative estimate of drug-likeness (QED) is 0.500. The predicted molar refractivity (Wildman–Crippen MR) is 106 cm³/mol. The van der Waals surface area contributed by atoms with Crippen molar-refractivity contribution in [3.63, 3.8) is 0 Å². The van der Waals surface area contributed by atoms with E-state index in [9.17, 15) is 5.26 Å². The second kappa shape index (κ2) is 6.87. The number of thiazole rings is 1. The number of nitrogens with zero attached hydrogens (tertiary/aromatic N) is 2. The molecule has 0 aliphatic carbocycles. The molecular weight excluding hydrogens is 342 g/mol. The molecule has 0 atom stereocenters. The number of nitriles is 1. The molecule has 1 N–H and O–H groups in total. The molecule has 26 heavy (non-hydrogen) atoms. The predicted octanol–water partition coefficient (Wildman–Crippen LogP) is 5.36. The third-order valence-corrected chi connectivity index (χ3v) is 4.97. The summed E-state index contributed by atoms with van der Waals surface area (Å²) in [6, 6.07) is 20.1. The normalized spacial score (nSPS) is 11.5. The maximum absolute atomic E-state index is 9.58. The van der Waals surface area contributed by atoms with Gasteiger partial charge in [0.05, 0.1) is 18.4 Å². The van der Waals surface area contributed by atoms with E-state index in [2.05, 4.69) is 16.0 Å². The molecule has 0 radical (unpaired) electrons. The van der Waals surface area contributed by atoms with Crippen LogP contribution >= 0.6 is 11.3 Å². The molecule has 0 bridgehead atoms. The van der Waals surface area contributed by atoms with Gasteiger partial charge in [0.1, 0.15) is 16.8 Å². The average molecular weight is 357 g/mol. The van der Waals surface area contributed by atoms with Gasteiger partial charge in [-0.15, -0.1) is 11.3 Å². The number of allylic oxidation sites excluding steroid dienone is 1. The second-order valence-corrected chi connectivity index (χ2v) is 6.61. The van der Waals surface area contributed by atoms with Crippen LogP contribution in [0, 0.1) is 11.3 Å². The molecule has 0 saturated heterocycles. The number of hydrogen-bond donors (Lipinski definition) is 1. The van der Waals surface area contributed by atoms with E-state index in [1.807, 2.05) is 66.1 Å². The lowest BCUT2D eigenvalue weighted by Gasteiger charge is -2.00. The summed E-state index contributed by atoms with van der Waals surface area (Å²) in [5.74, 6) is 0.806. The molecule has 0 aliphatic heterocycles. The van der Waals surface area contributed by atoms with Crippen molar-refractivity contribution >= 4 is 33.9 Å². The van der Waals surface area contributed by atoms with E-state index >= 15 is 0 Å². The average Bonchev–Trinajstić information content (AvgIpc) is 3.33. The molecule has 4 nitrogen and oxygen atoms in total. The molecule has 126 valence electrons. The lowest BCUT2D eigenvalue weighted by Crippen LogP contribution is -1.84. The Morgan fingerprint density at radius 2 is 2.00 bits per heavy atom. The Hall–Kier alpha value is -3.36. The molecule has 0 spiro atoms. The Morgan fingerprint density at radius 3 is 2.73 bits per heavy atom. The van der Waals surface area contributed by atoms with Gasteiger partial charge in [0.25, 0.3) is 0 Å².